The first-order valence-corrected chi connectivity index (χ1v) is 7.58. The second kappa shape index (κ2) is 8.34. The van der Waals surface area contributed by atoms with Gasteiger partial charge in [-0.2, -0.15) is 9.78 Å². The minimum atomic E-state index is -1.46. The van der Waals surface area contributed by atoms with Crippen molar-refractivity contribution in [2.75, 3.05) is 0 Å². The molecule has 0 radical (unpaired) electrons. The van der Waals surface area contributed by atoms with Crippen molar-refractivity contribution < 1.29 is 30.1 Å². The monoisotopic (exact) mass is 334 g/mol. The highest BCUT2D eigenvalue weighted by Gasteiger charge is 2.36. The summed E-state index contributed by atoms with van der Waals surface area (Å²) in [6, 6.07) is 18.7. The van der Waals surface area contributed by atoms with Crippen molar-refractivity contribution in [3.8, 4) is 0 Å². The number of hydrogen-bond acceptors (Lipinski definition) is 6. The molecule has 2 unspecified atom stereocenters. The molecule has 24 heavy (non-hydrogen) atoms. The van der Waals surface area contributed by atoms with Crippen LogP contribution in [0.3, 0.4) is 0 Å². The Morgan fingerprint density at radius 1 is 0.667 bits per heavy atom. The van der Waals surface area contributed by atoms with Crippen LogP contribution in [-0.4, -0.2) is 22.1 Å². The van der Waals surface area contributed by atoms with E-state index in [-0.39, 0.29) is 12.8 Å². The van der Waals surface area contributed by atoms with Crippen molar-refractivity contribution in [1.82, 2.24) is 0 Å². The minimum Gasteiger partial charge on any atom is -0.249 e. The molecule has 2 atom stereocenters. The van der Waals surface area contributed by atoms with Gasteiger partial charge in [0.05, 0.1) is 0 Å². The van der Waals surface area contributed by atoms with E-state index in [2.05, 4.69) is 9.78 Å². The molecular formula is C18H22O6. The molecule has 0 aliphatic heterocycles. The van der Waals surface area contributed by atoms with Gasteiger partial charge in [0.15, 0.2) is 0 Å². The third-order valence-corrected chi connectivity index (χ3v) is 3.52. The van der Waals surface area contributed by atoms with Crippen LogP contribution >= 0.6 is 0 Å². The van der Waals surface area contributed by atoms with Gasteiger partial charge in [-0.05, 0) is 25.0 Å². The van der Waals surface area contributed by atoms with Crippen molar-refractivity contribution in [2.24, 2.45) is 0 Å². The summed E-state index contributed by atoms with van der Waals surface area (Å²) in [6.45, 7) is 3.03. The van der Waals surface area contributed by atoms with Gasteiger partial charge in [0.2, 0.25) is 11.6 Å². The zero-order valence-electron chi connectivity index (χ0n) is 13.7. The van der Waals surface area contributed by atoms with Gasteiger partial charge in [0.25, 0.3) is 0 Å². The van der Waals surface area contributed by atoms with Crippen LogP contribution in [0.15, 0.2) is 60.7 Å². The Kier molecular flexibility index (Phi) is 6.44. The quantitative estimate of drug-likeness (QED) is 0.412. The van der Waals surface area contributed by atoms with Crippen molar-refractivity contribution in [3.63, 3.8) is 0 Å². The van der Waals surface area contributed by atoms with E-state index in [0.717, 1.165) is 11.1 Å². The molecule has 6 heteroatoms. The largest absolute Gasteiger partial charge is 0.249 e. The van der Waals surface area contributed by atoms with E-state index in [9.17, 15) is 10.5 Å². The number of hydrogen-bond donors (Lipinski definition) is 2. The third-order valence-electron chi connectivity index (χ3n) is 3.52. The fraction of sp³-hybridized carbons (Fsp3) is 0.333. The molecule has 0 saturated heterocycles. The molecule has 130 valence electrons. The van der Waals surface area contributed by atoms with Gasteiger partial charge in [-0.3, -0.25) is 0 Å². The highest BCUT2D eigenvalue weighted by atomic mass is 17.3. The van der Waals surface area contributed by atoms with E-state index >= 15 is 0 Å². The van der Waals surface area contributed by atoms with Gasteiger partial charge in [-0.1, -0.05) is 60.7 Å². The van der Waals surface area contributed by atoms with Gasteiger partial charge in [-0.15, -0.1) is 0 Å². The lowest BCUT2D eigenvalue weighted by atomic mass is 10.1. The first-order valence-electron chi connectivity index (χ1n) is 7.58. The predicted octanol–water partition coefficient (Wildman–Crippen LogP) is 3.83. The summed E-state index contributed by atoms with van der Waals surface area (Å²) in [6.07, 6.45) is 0.467. The zero-order valence-corrected chi connectivity index (χ0v) is 13.7. The Bertz CT molecular complexity index is 550. The Morgan fingerprint density at radius 3 is 1.29 bits per heavy atom. The Balaban J connectivity index is 2.01. The molecule has 0 aromatic heterocycles. The average Bonchev–Trinajstić information content (AvgIpc) is 2.62. The Morgan fingerprint density at radius 2 is 1.00 bits per heavy atom. The molecule has 2 rings (SSSR count). The summed E-state index contributed by atoms with van der Waals surface area (Å²) in [4.78, 5) is 19.4. The summed E-state index contributed by atoms with van der Waals surface area (Å²) in [7, 11) is 0. The van der Waals surface area contributed by atoms with Crippen molar-refractivity contribution in [3.05, 3.63) is 71.8 Å². The van der Waals surface area contributed by atoms with E-state index in [1.54, 1.807) is 0 Å². The molecule has 2 aromatic carbocycles. The number of rotatable bonds is 9. The molecule has 0 spiro atoms. The first-order chi connectivity index (χ1) is 11.5. The SMILES string of the molecule is CC(Cc1ccccc1)(OO)OOC(C)(Cc1ccccc1)OO. The number of benzene rings is 2. The topological polar surface area (TPSA) is 77.4 Å². The molecule has 2 aromatic rings. The average molecular weight is 334 g/mol. The Hall–Kier alpha value is -1.80. The van der Waals surface area contributed by atoms with Crippen molar-refractivity contribution >= 4 is 0 Å². The van der Waals surface area contributed by atoms with Gasteiger partial charge in [0, 0.05) is 12.8 Å². The lowest BCUT2D eigenvalue weighted by Gasteiger charge is -2.31. The summed E-state index contributed by atoms with van der Waals surface area (Å²) in [5.41, 5.74) is 1.76. The summed E-state index contributed by atoms with van der Waals surface area (Å²) in [5, 5.41) is 18.4. The van der Waals surface area contributed by atoms with Gasteiger partial charge in [0.1, 0.15) is 0 Å². The second-order valence-corrected chi connectivity index (χ2v) is 5.94. The van der Waals surface area contributed by atoms with Gasteiger partial charge >= 0.3 is 0 Å². The maximum absolute atomic E-state index is 9.20. The molecule has 0 fully saturated rings. The standard InChI is InChI=1S/C18H22O6/c1-17(21-19,13-15-9-5-3-6-10-15)23-24-18(2,22-20)14-16-11-7-4-8-12-16/h3-12,19-20H,13-14H2,1-2H3. The smallest absolute Gasteiger partial charge is 0.235 e. The lowest BCUT2D eigenvalue weighted by Crippen LogP contribution is -2.41. The van der Waals surface area contributed by atoms with Crippen LogP contribution in [0.2, 0.25) is 0 Å². The third kappa shape index (κ3) is 5.38. The normalized spacial score (nSPS) is 16.3. The summed E-state index contributed by atoms with van der Waals surface area (Å²) >= 11 is 0. The highest BCUT2D eigenvalue weighted by molar-refractivity contribution is 5.16. The molecule has 0 saturated carbocycles. The zero-order chi connectivity index (χ0) is 17.5. The van der Waals surface area contributed by atoms with Crippen LogP contribution in [0.5, 0.6) is 0 Å². The molecule has 0 aliphatic rings. The van der Waals surface area contributed by atoms with E-state index in [1.165, 1.54) is 13.8 Å². The van der Waals surface area contributed by atoms with Crippen LogP contribution in [0.1, 0.15) is 25.0 Å². The highest BCUT2D eigenvalue weighted by Crippen LogP contribution is 2.25. The van der Waals surface area contributed by atoms with Crippen LogP contribution < -0.4 is 0 Å². The maximum Gasteiger partial charge on any atom is 0.235 e. The predicted molar refractivity (Wildman–Crippen MR) is 86.7 cm³/mol. The van der Waals surface area contributed by atoms with Crippen LogP contribution in [0.4, 0.5) is 0 Å². The van der Waals surface area contributed by atoms with Crippen LogP contribution in [0, 0.1) is 0 Å². The fourth-order valence-corrected chi connectivity index (χ4v) is 2.26. The van der Waals surface area contributed by atoms with Crippen molar-refractivity contribution in [2.45, 2.75) is 38.3 Å². The van der Waals surface area contributed by atoms with E-state index < -0.39 is 11.6 Å². The second-order valence-electron chi connectivity index (χ2n) is 5.94. The molecule has 0 aliphatic carbocycles. The summed E-state index contributed by atoms with van der Waals surface area (Å²) < 4.78 is 0. The lowest BCUT2D eigenvalue weighted by molar-refractivity contribution is -0.565. The van der Waals surface area contributed by atoms with Crippen molar-refractivity contribution in [1.29, 1.82) is 0 Å². The molecule has 0 bridgehead atoms. The van der Waals surface area contributed by atoms with Gasteiger partial charge < -0.3 is 0 Å². The van der Waals surface area contributed by atoms with Crippen LogP contribution in [0.25, 0.3) is 0 Å². The molecule has 0 amide bonds. The molecule has 2 N–H and O–H groups in total. The maximum atomic E-state index is 9.20. The van der Waals surface area contributed by atoms with E-state index in [1.807, 2.05) is 60.7 Å². The van der Waals surface area contributed by atoms with E-state index in [0.29, 0.717) is 0 Å². The van der Waals surface area contributed by atoms with E-state index in [4.69, 9.17) is 9.78 Å². The molecule has 0 heterocycles. The molecule has 6 nitrogen and oxygen atoms in total. The Labute approximate surface area is 141 Å². The first kappa shape index (κ1) is 18.5. The summed E-state index contributed by atoms with van der Waals surface area (Å²) in [5.74, 6) is -2.92. The van der Waals surface area contributed by atoms with Gasteiger partial charge in [-0.25, -0.2) is 20.3 Å². The van der Waals surface area contributed by atoms with Crippen LogP contribution in [-0.2, 0) is 32.4 Å². The fourth-order valence-electron chi connectivity index (χ4n) is 2.26. The molecular weight excluding hydrogens is 312 g/mol. The minimum absolute atomic E-state index is 0.233.